The van der Waals surface area contributed by atoms with E-state index >= 15 is 0 Å². The third-order valence-corrected chi connectivity index (χ3v) is 8.99. The first-order valence-electron chi connectivity index (χ1n) is 9.76. The van der Waals surface area contributed by atoms with Gasteiger partial charge in [-0.3, -0.25) is 0 Å². The van der Waals surface area contributed by atoms with Gasteiger partial charge in [-0.2, -0.15) is 0 Å². The van der Waals surface area contributed by atoms with Crippen molar-refractivity contribution in [3.05, 3.63) is 0 Å². The zero-order valence-corrected chi connectivity index (χ0v) is 14.9. The van der Waals surface area contributed by atoms with Gasteiger partial charge >= 0.3 is 0 Å². The molecule has 23 heavy (non-hydrogen) atoms. The summed E-state index contributed by atoms with van der Waals surface area (Å²) in [6.45, 7) is 4.81. The molecule has 0 aliphatic heterocycles. The fourth-order valence-corrected chi connectivity index (χ4v) is 8.09. The van der Waals surface area contributed by atoms with Gasteiger partial charge < -0.3 is 15.3 Å². The fourth-order valence-electron chi connectivity index (χ4n) is 8.09. The molecular weight excluding hydrogens is 288 g/mol. The van der Waals surface area contributed by atoms with Crippen molar-refractivity contribution in [1.29, 1.82) is 0 Å². The van der Waals surface area contributed by atoms with E-state index in [9.17, 15) is 15.3 Å². The average Bonchev–Trinajstić information content (AvgIpc) is 2.71. The minimum Gasteiger partial charge on any atom is -0.396 e. The lowest BCUT2D eigenvalue weighted by Crippen LogP contribution is -2.60. The van der Waals surface area contributed by atoms with Gasteiger partial charge in [0.1, 0.15) is 0 Å². The molecule has 4 fully saturated rings. The van der Waals surface area contributed by atoms with Gasteiger partial charge in [0.2, 0.25) is 0 Å². The van der Waals surface area contributed by atoms with Crippen LogP contribution >= 0.6 is 0 Å². The van der Waals surface area contributed by atoms with Crippen LogP contribution in [-0.2, 0) is 0 Å². The first kappa shape index (κ1) is 16.4. The second-order valence-electron chi connectivity index (χ2n) is 10.1. The summed E-state index contributed by atoms with van der Waals surface area (Å²) in [6.07, 6.45) is 10.0. The summed E-state index contributed by atoms with van der Waals surface area (Å²) in [5, 5.41) is 31.5. The van der Waals surface area contributed by atoms with E-state index in [2.05, 4.69) is 6.92 Å². The molecule has 0 saturated heterocycles. The number of hydrogen-bond donors (Lipinski definition) is 3. The van der Waals surface area contributed by atoms with Gasteiger partial charge in [-0.05, 0) is 86.9 Å². The van der Waals surface area contributed by atoms with E-state index < -0.39 is 5.60 Å². The van der Waals surface area contributed by atoms with Gasteiger partial charge in [0.25, 0.3) is 0 Å². The van der Waals surface area contributed by atoms with Crippen molar-refractivity contribution in [3.63, 3.8) is 0 Å². The summed E-state index contributed by atoms with van der Waals surface area (Å²) in [5.74, 6) is 1.44. The highest BCUT2D eigenvalue weighted by atomic mass is 16.3. The molecule has 3 heteroatoms. The molecule has 132 valence electrons. The lowest BCUT2D eigenvalue weighted by Gasteiger charge is -2.64. The molecule has 4 aliphatic rings. The van der Waals surface area contributed by atoms with E-state index in [4.69, 9.17) is 0 Å². The van der Waals surface area contributed by atoms with E-state index in [0.29, 0.717) is 17.8 Å². The molecule has 7 atom stereocenters. The van der Waals surface area contributed by atoms with Crippen LogP contribution in [0.1, 0.15) is 71.6 Å². The van der Waals surface area contributed by atoms with Crippen molar-refractivity contribution in [2.24, 2.45) is 34.0 Å². The normalized spacial score (nSPS) is 58.6. The Balaban J connectivity index is 1.75. The molecule has 3 N–H and O–H groups in total. The zero-order chi connectivity index (χ0) is 16.5. The molecule has 0 heterocycles. The molecule has 2 bridgehead atoms. The SMILES string of the molecule is CC1(O)CC23CC[C@@H]4C(C)(CO)CCCC4(CO)[C@@H]2CCC1C3. The van der Waals surface area contributed by atoms with Crippen LogP contribution in [0.4, 0.5) is 0 Å². The van der Waals surface area contributed by atoms with Crippen molar-refractivity contribution in [2.75, 3.05) is 13.2 Å². The van der Waals surface area contributed by atoms with Gasteiger partial charge in [-0.15, -0.1) is 0 Å². The molecule has 1 spiro atoms. The monoisotopic (exact) mass is 322 g/mol. The summed E-state index contributed by atoms with van der Waals surface area (Å²) in [7, 11) is 0. The predicted octanol–water partition coefficient (Wildman–Crippen LogP) is 3.12. The van der Waals surface area contributed by atoms with Gasteiger partial charge in [0.05, 0.1) is 5.60 Å². The number of aliphatic hydroxyl groups excluding tert-OH is 2. The van der Waals surface area contributed by atoms with Crippen LogP contribution in [-0.4, -0.2) is 34.1 Å². The molecule has 0 aromatic carbocycles. The Kier molecular flexibility index (Phi) is 3.52. The molecule has 4 rings (SSSR count). The first-order valence-corrected chi connectivity index (χ1v) is 9.76. The van der Waals surface area contributed by atoms with Crippen LogP contribution < -0.4 is 0 Å². The Hall–Kier alpha value is -0.120. The number of hydrogen-bond acceptors (Lipinski definition) is 3. The molecule has 5 unspecified atom stereocenters. The summed E-state index contributed by atoms with van der Waals surface area (Å²) < 4.78 is 0. The largest absolute Gasteiger partial charge is 0.396 e. The Morgan fingerprint density at radius 2 is 1.70 bits per heavy atom. The van der Waals surface area contributed by atoms with Crippen LogP contribution in [0.25, 0.3) is 0 Å². The Labute approximate surface area is 140 Å². The second kappa shape index (κ2) is 4.95. The van der Waals surface area contributed by atoms with Crippen LogP contribution in [0.2, 0.25) is 0 Å². The number of aliphatic hydroxyl groups is 3. The smallest absolute Gasteiger partial charge is 0.0653 e. The molecule has 4 saturated carbocycles. The average molecular weight is 322 g/mol. The third-order valence-electron chi connectivity index (χ3n) is 8.99. The molecule has 0 aromatic rings. The molecular formula is C20H34O3. The highest BCUT2D eigenvalue weighted by molar-refractivity contribution is 5.17. The topological polar surface area (TPSA) is 60.7 Å². The Bertz CT molecular complexity index is 489. The van der Waals surface area contributed by atoms with Crippen LogP contribution in [0.5, 0.6) is 0 Å². The summed E-state index contributed by atoms with van der Waals surface area (Å²) in [6, 6.07) is 0. The van der Waals surface area contributed by atoms with E-state index in [0.717, 1.165) is 44.9 Å². The second-order valence-corrected chi connectivity index (χ2v) is 10.1. The van der Waals surface area contributed by atoms with Gasteiger partial charge in [-0.25, -0.2) is 0 Å². The van der Waals surface area contributed by atoms with Crippen LogP contribution in [0, 0.1) is 34.0 Å². The van der Waals surface area contributed by atoms with Crippen molar-refractivity contribution in [3.8, 4) is 0 Å². The van der Waals surface area contributed by atoms with Crippen molar-refractivity contribution < 1.29 is 15.3 Å². The standard InChI is InChI=1S/C20H34O3/c1-17(12-21)7-3-8-20(13-22)15(17)6-9-19-10-14(4-5-16(19)20)18(2,23)11-19/h14-16,21-23H,3-13H2,1-2H3/t14?,15-,16-,17?,18?,19?,20?/m1/s1. The maximum Gasteiger partial charge on any atom is 0.0653 e. The molecule has 0 amide bonds. The van der Waals surface area contributed by atoms with Gasteiger partial charge in [0, 0.05) is 18.6 Å². The molecule has 0 aromatic heterocycles. The van der Waals surface area contributed by atoms with Crippen molar-refractivity contribution in [2.45, 2.75) is 77.2 Å². The van der Waals surface area contributed by atoms with E-state index in [1.807, 2.05) is 6.92 Å². The zero-order valence-electron chi connectivity index (χ0n) is 14.9. The van der Waals surface area contributed by atoms with E-state index in [-0.39, 0.29) is 29.5 Å². The summed E-state index contributed by atoms with van der Waals surface area (Å²) in [5.41, 5.74) is -0.299. The molecule has 0 radical (unpaired) electrons. The van der Waals surface area contributed by atoms with E-state index in [1.165, 1.54) is 12.8 Å². The predicted molar refractivity (Wildman–Crippen MR) is 89.8 cm³/mol. The quantitative estimate of drug-likeness (QED) is 0.732. The number of fused-ring (bicyclic) bond motifs is 3. The van der Waals surface area contributed by atoms with Crippen molar-refractivity contribution in [1.82, 2.24) is 0 Å². The fraction of sp³-hybridized carbons (Fsp3) is 1.00. The highest BCUT2D eigenvalue weighted by Crippen LogP contribution is 2.72. The molecule has 4 aliphatic carbocycles. The minimum atomic E-state index is -0.507. The lowest BCUT2D eigenvalue weighted by molar-refractivity contribution is -0.185. The highest BCUT2D eigenvalue weighted by Gasteiger charge is 2.67. The van der Waals surface area contributed by atoms with Gasteiger partial charge in [-0.1, -0.05) is 13.3 Å². The summed E-state index contributed by atoms with van der Waals surface area (Å²) in [4.78, 5) is 0. The van der Waals surface area contributed by atoms with E-state index in [1.54, 1.807) is 0 Å². The van der Waals surface area contributed by atoms with Crippen molar-refractivity contribution >= 4 is 0 Å². The minimum absolute atomic E-state index is 0.0145. The van der Waals surface area contributed by atoms with Crippen LogP contribution in [0.3, 0.4) is 0 Å². The lowest BCUT2D eigenvalue weighted by atomic mass is 9.40. The third kappa shape index (κ3) is 1.99. The number of rotatable bonds is 2. The Morgan fingerprint density at radius 3 is 2.39 bits per heavy atom. The maximum atomic E-state index is 10.9. The Morgan fingerprint density at radius 1 is 0.913 bits per heavy atom. The summed E-state index contributed by atoms with van der Waals surface area (Å²) >= 11 is 0. The van der Waals surface area contributed by atoms with Crippen LogP contribution in [0.15, 0.2) is 0 Å². The molecule has 3 nitrogen and oxygen atoms in total. The maximum absolute atomic E-state index is 10.9. The van der Waals surface area contributed by atoms with Gasteiger partial charge in [0.15, 0.2) is 0 Å². The first-order chi connectivity index (χ1) is 10.8.